The summed E-state index contributed by atoms with van der Waals surface area (Å²) in [5.41, 5.74) is 1.59. The van der Waals surface area contributed by atoms with E-state index in [0.717, 1.165) is 18.5 Å². The van der Waals surface area contributed by atoms with Crippen molar-refractivity contribution < 1.29 is 9.13 Å². The fourth-order valence-electron chi connectivity index (χ4n) is 1.83. The van der Waals surface area contributed by atoms with Crippen molar-refractivity contribution >= 4 is 0 Å². The molecule has 1 N–H and O–H groups in total. The van der Waals surface area contributed by atoms with E-state index in [2.05, 4.69) is 12.2 Å². The van der Waals surface area contributed by atoms with E-state index in [1.54, 1.807) is 6.92 Å². The highest BCUT2D eigenvalue weighted by molar-refractivity contribution is 5.43. The van der Waals surface area contributed by atoms with Crippen LogP contribution in [0.15, 0.2) is 12.1 Å². The second-order valence-electron chi connectivity index (χ2n) is 3.93. The first-order chi connectivity index (χ1) is 7.24. The molecule has 0 bridgehead atoms. The van der Waals surface area contributed by atoms with Crippen molar-refractivity contribution in [3.05, 3.63) is 29.1 Å². The number of benzene rings is 1. The Morgan fingerprint density at radius 2 is 2.33 bits per heavy atom. The highest BCUT2D eigenvalue weighted by Crippen LogP contribution is 2.35. The standard InChI is InChI=1S/C12H16FNO/c1-3-6-14-10-7-15-12-9(10)5-4-8(2)11(12)13/h4-5,10,14H,3,6-7H2,1-2H3. The zero-order valence-electron chi connectivity index (χ0n) is 9.14. The summed E-state index contributed by atoms with van der Waals surface area (Å²) in [5.74, 6) is 0.219. The van der Waals surface area contributed by atoms with Gasteiger partial charge in [0.2, 0.25) is 0 Å². The normalized spacial score (nSPS) is 18.7. The highest BCUT2D eigenvalue weighted by Gasteiger charge is 2.26. The minimum Gasteiger partial charge on any atom is -0.488 e. The first kappa shape index (κ1) is 10.4. The monoisotopic (exact) mass is 209 g/mol. The number of halogens is 1. The zero-order chi connectivity index (χ0) is 10.8. The zero-order valence-corrected chi connectivity index (χ0v) is 9.14. The summed E-state index contributed by atoms with van der Waals surface area (Å²) in [6.45, 7) is 5.34. The fraction of sp³-hybridized carbons (Fsp3) is 0.500. The smallest absolute Gasteiger partial charge is 0.168 e. The molecule has 0 spiro atoms. The van der Waals surface area contributed by atoms with Crippen molar-refractivity contribution in [2.45, 2.75) is 26.3 Å². The minimum absolute atomic E-state index is 0.148. The number of fused-ring (bicyclic) bond motifs is 1. The molecule has 0 fully saturated rings. The van der Waals surface area contributed by atoms with Gasteiger partial charge in [-0.25, -0.2) is 4.39 Å². The lowest BCUT2D eigenvalue weighted by Gasteiger charge is -2.10. The van der Waals surface area contributed by atoms with Crippen molar-refractivity contribution in [1.29, 1.82) is 0 Å². The van der Waals surface area contributed by atoms with Crippen LogP contribution in [-0.4, -0.2) is 13.2 Å². The van der Waals surface area contributed by atoms with Gasteiger partial charge in [-0.2, -0.15) is 0 Å². The van der Waals surface area contributed by atoms with Gasteiger partial charge in [-0.05, 0) is 25.5 Å². The van der Waals surface area contributed by atoms with E-state index in [-0.39, 0.29) is 11.9 Å². The van der Waals surface area contributed by atoms with Gasteiger partial charge in [0.1, 0.15) is 6.61 Å². The van der Waals surface area contributed by atoms with Gasteiger partial charge >= 0.3 is 0 Å². The molecule has 3 heteroatoms. The maximum absolute atomic E-state index is 13.6. The third-order valence-electron chi connectivity index (χ3n) is 2.73. The minimum atomic E-state index is -0.215. The number of nitrogens with one attached hydrogen (secondary N) is 1. The molecule has 1 unspecified atom stereocenters. The molecule has 1 atom stereocenters. The van der Waals surface area contributed by atoms with Gasteiger partial charge in [0, 0.05) is 5.56 Å². The lowest BCUT2D eigenvalue weighted by Crippen LogP contribution is -2.22. The Labute approximate surface area is 89.4 Å². The van der Waals surface area contributed by atoms with Gasteiger partial charge in [-0.1, -0.05) is 19.1 Å². The first-order valence-corrected chi connectivity index (χ1v) is 5.39. The maximum Gasteiger partial charge on any atom is 0.168 e. The molecule has 1 aliphatic rings. The third-order valence-corrected chi connectivity index (χ3v) is 2.73. The average molecular weight is 209 g/mol. The van der Waals surface area contributed by atoms with E-state index in [1.165, 1.54) is 0 Å². The molecule has 2 rings (SSSR count). The Hall–Kier alpha value is -1.09. The molecule has 0 aromatic heterocycles. The van der Waals surface area contributed by atoms with Crippen LogP contribution in [0.2, 0.25) is 0 Å². The first-order valence-electron chi connectivity index (χ1n) is 5.39. The van der Waals surface area contributed by atoms with Crippen LogP contribution >= 0.6 is 0 Å². The van der Waals surface area contributed by atoms with E-state index in [4.69, 9.17) is 4.74 Å². The highest BCUT2D eigenvalue weighted by atomic mass is 19.1. The lowest BCUT2D eigenvalue weighted by molar-refractivity contribution is 0.300. The lowest BCUT2D eigenvalue weighted by atomic mass is 10.1. The van der Waals surface area contributed by atoms with Crippen LogP contribution in [-0.2, 0) is 0 Å². The molecular weight excluding hydrogens is 193 g/mol. The quantitative estimate of drug-likeness (QED) is 0.826. The van der Waals surface area contributed by atoms with Crippen LogP contribution in [0.5, 0.6) is 5.75 Å². The van der Waals surface area contributed by atoms with Gasteiger partial charge in [0.05, 0.1) is 6.04 Å². The van der Waals surface area contributed by atoms with E-state index >= 15 is 0 Å². The Bertz CT molecular complexity index is 365. The number of rotatable bonds is 3. The number of hydrogen-bond acceptors (Lipinski definition) is 2. The SMILES string of the molecule is CCCNC1COc2c1ccc(C)c2F. The van der Waals surface area contributed by atoms with Crippen molar-refractivity contribution in [3.8, 4) is 5.75 Å². The Kier molecular flexibility index (Phi) is 2.91. The molecule has 82 valence electrons. The summed E-state index contributed by atoms with van der Waals surface area (Å²) in [5, 5.41) is 3.34. The predicted octanol–water partition coefficient (Wildman–Crippen LogP) is 2.57. The van der Waals surface area contributed by atoms with Crippen molar-refractivity contribution in [1.82, 2.24) is 5.32 Å². The molecule has 1 aliphatic heterocycles. The summed E-state index contributed by atoms with van der Waals surface area (Å²) >= 11 is 0. The Morgan fingerprint density at radius 3 is 3.07 bits per heavy atom. The van der Waals surface area contributed by atoms with Crippen LogP contribution in [0.4, 0.5) is 4.39 Å². The largest absolute Gasteiger partial charge is 0.488 e. The molecule has 0 radical (unpaired) electrons. The molecule has 1 aromatic rings. The van der Waals surface area contributed by atoms with Crippen LogP contribution in [0.1, 0.15) is 30.5 Å². The second-order valence-corrected chi connectivity index (χ2v) is 3.93. The van der Waals surface area contributed by atoms with Gasteiger partial charge in [0.25, 0.3) is 0 Å². The van der Waals surface area contributed by atoms with E-state index in [0.29, 0.717) is 17.9 Å². The van der Waals surface area contributed by atoms with E-state index in [1.807, 2.05) is 12.1 Å². The van der Waals surface area contributed by atoms with Crippen LogP contribution in [0.3, 0.4) is 0 Å². The fourth-order valence-corrected chi connectivity index (χ4v) is 1.83. The van der Waals surface area contributed by atoms with Gasteiger partial charge in [-0.15, -0.1) is 0 Å². The summed E-state index contributed by atoms with van der Waals surface area (Å²) in [6, 6.07) is 3.91. The van der Waals surface area contributed by atoms with E-state index < -0.39 is 0 Å². The maximum atomic E-state index is 13.6. The molecule has 1 heterocycles. The van der Waals surface area contributed by atoms with Gasteiger partial charge in [-0.3, -0.25) is 0 Å². The van der Waals surface area contributed by atoms with Crippen molar-refractivity contribution in [2.24, 2.45) is 0 Å². The molecule has 1 aromatic carbocycles. The average Bonchev–Trinajstić information content (AvgIpc) is 2.64. The molecule has 0 amide bonds. The summed E-state index contributed by atoms with van der Waals surface area (Å²) in [6.07, 6.45) is 1.07. The molecule has 0 aliphatic carbocycles. The molecule has 0 saturated carbocycles. The summed E-state index contributed by atoms with van der Waals surface area (Å²) < 4.78 is 19.0. The third kappa shape index (κ3) is 1.84. The predicted molar refractivity (Wildman–Crippen MR) is 57.7 cm³/mol. The molecule has 2 nitrogen and oxygen atoms in total. The number of hydrogen-bond donors (Lipinski definition) is 1. The van der Waals surface area contributed by atoms with Crippen molar-refractivity contribution in [2.75, 3.05) is 13.2 Å². The number of ether oxygens (including phenoxy) is 1. The van der Waals surface area contributed by atoms with Crippen LogP contribution < -0.4 is 10.1 Å². The number of aryl methyl sites for hydroxylation is 1. The molecule has 0 saturated heterocycles. The van der Waals surface area contributed by atoms with E-state index in [9.17, 15) is 4.39 Å². The summed E-state index contributed by atoms with van der Waals surface area (Å²) in [7, 11) is 0. The van der Waals surface area contributed by atoms with Crippen LogP contribution in [0, 0.1) is 12.7 Å². The Morgan fingerprint density at radius 1 is 1.53 bits per heavy atom. The second kappa shape index (κ2) is 4.19. The topological polar surface area (TPSA) is 21.3 Å². The Balaban J connectivity index is 2.24. The van der Waals surface area contributed by atoms with Gasteiger partial charge < -0.3 is 10.1 Å². The molecule has 15 heavy (non-hydrogen) atoms. The summed E-state index contributed by atoms with van der Waals surface area (Å²) in [4.78, 5) is 0. The van der Waals surface area contributed by atoms with Gasteiger partial charge in [0.15, 0.2) is 11.6 Å². The van der Waals surface area contributed by atoms with Crippen LogP contribution in [0.25, 0.3) is 0 Å². The van der Waals surface area contributed by atoms with Crippen molar-refractivity contribution in [3.63, 3.8) is 0 Å². The molecular formula is C12H16FNO.